The summed E-state index contributed by atoms with van der Waals surface area (Å²) in [6.45, 7) is 0. The smallest absolute Gasteiger partial charge is 0.308 e. The molecule has 2 heterocycles. The van der Waals surface area contributed by atoms with Gasteiger partial charge < -0.3 is 4.57 Å². The number of alkyl halides is 6. The summed E-state index contributed by atoms with van der Waals surface area (Å²) >= 11 is 0. The van der Waals surface area contributed by atoms with E-state index in [4.69, 9.17) is 0 Å². The summed E-state index contributed by atoms with van der Waals surface area (Å²) in [5, 5.41) is -0.160. The van der Waals surface area contributed by atoms with Crippen LogP contribution in [0.2, 0.25) is 0 Å². The van der Waals surface area contributed by atoms with Crippen molar-refractivity contribution in [3.63, 3.8) is 0 Å². The zero-order valence-corrected chi connectivity index (χ0v) is 22.4. The normalized spacial score (nSPS) is 13.7. The Morgan fingerprint density at radius 3 is 1.61 bits per heavy atom. The van der Waals surface area contributed by atoms with E-state index in [1.54, 1.807) is 24.3 Å². The van der Waals surface area contributed by atoms with Gasteiger partial charge in [0, 0.05) is 10.8 Å². The van der Waals surface area contributed by atoms with E-state index < -0.39 is 35.3 Å². The van der Waals surface area contributed by atoms with Crippen LogP contribution in [0.5, 0.6) is 0 Å². The van der Waals surface area contributed by atoms with Gasteiger partial charge in [0.25, 0.3) is 11.8 Å². The monoisotopic (exact) mass is 600 g/mol. The van der Waals surface area contributed by atoms with Crippen LogP contribution in [0.25, 0.3) is 38.6 Å². The molecule has 0 N–H and O–H groups in total. The summed E-state index contributed by atoms with van der Waals surface area (Å²) in [4.78, 5) is 28.5. The number of halogens is 6. The molecule has 1 aromatic heterocycles. The molecule has 1 aliphatic heterocycles. The topological polar surface area (TPSA) is 42.3 Å². The Bertz CT molecular complexity index is 2060. The molecule has 2 amide bonds. The van der Waals surface area contributed by atoms with E-state index in [1.165, 1.54) is 22.8 Å². The van der Waals surface area contributed by atoms with Crippen molar-refractivity contribution in [1.82, 2.24) is 4.57 Å². The van der Waals surface area contributed by atoms with Gasteiger partial charge in [0.2, 0.25) is 0 Å². The lowest BCUT2D eigenvalue weighted by molar-refractivity contribution is -0.138. The van der Waals surface area contributed by atoms with Crippen LogP contribution in [-0.2, 0) is 12.4 Å². The Morgan fingerprint density at radius 1 is 0.523 bits per heavy atom. The van der Waals surface area contributed by atoms with Crippen LogP contribution in [0, 0.1) is 0 Å². The number of hydrogen-bond acceptors (Lipinski definition) is 2. The molecule has 0 aliphatic carbocycles. The maximum absolute atomic E-state index is 13.9. The number of aromatic nitrogens is 1. The molecule has 0 radical (unpaired) electrons. The summed E-state index contributed by atoms with van der Waals surface area (Å²) in [7, 11) is 0. The fourth-order valence-corrected chi connectivity index (χ4v) is 5.76. The highest BCUT2D eigenvalue weighted by Crippen LogP contribution is 2.42. The van der Waals surface area contributed by atoms with Crippen LogP contribution in [0.15, 0.2) is 109 Å². The van der Waals surface area contributed by atoms with Crippen molar-refractivity contribution in [3.05, 3.63) is 131 Å². The van der Waals surface area contributed by atoms with Gasteiger partial charge in [0.1, 0.15) is 0 Å². The molecule has 0 atom stereocenters. The molecule has 10 heteroatoms. The fraction of sp³-hybridized carbons (Fsp3) is 0.0588. The molecule has 5 aromatic carbocycles. The van der Waals surface area contributed by atoms with Gasteiger partial charge >= 0.3 is 12.4 Å². The summed E-state index contributed by atoms with van der Waals surface area (Å²) in [5.41, 5.74) is 0.561. The predicted octanol–water partition coefficient (Wildman–Crippen LogP) is 9.29. The van der Waals surface area contributed by atoms with Gasteiger partial charge in [-0.15, -0.1) is 0 Å². The molecule has 0 unspecified atom stereocenters. The number of nitrogens with zero attached hydrogens (tertiary/aromatic N) is 2. The maximum atomic E-state index is 13.9. The van der Waals surface area contributed by atoms with Crippen LogP contribution in [0.3, 0.4) is 0 Å². The van der Waals surface area contributed by atoms with Gasteiger partial charge in [-0.2, -0.15) is 26.3 Å². The van der Waals surface area contributed by atoms with E-state index in [1.807, 2.05) is 30.3 Å². The van der Waals surface area contributed by atoms with Crippen molar-refractivity contribution < 1.29 is 35.9 Å². The maximum Gasteiger partial charge on any atom is 0.416 e. The first-order valence-electron chi connectivity index (χ1n) is 13.3. The number of carbonyl (C=O) groups is 2. The Kier molecular flexibility index (Phi) is 5.97. The molecule has 0 saturated heterocycles. The summed E-state index contributed by atoms with van der Waals surface area (Å²) in [6.07, 6.45) is -9.48. The van der Waals surface area contributed by atoms with E-state index in [-0.39, 0.29) is 38.6 Å². The second-order valence-corrected chi connectivity index (χ2v) is 10.4. The van der Waals surface area contributed by atoms with Crippen molar-refractivity contribution in [2.45, 2.75) is 12.4 Å². The number of anilines is 1. The second-order valence-electron chi connectivity index (χ2n) is 10.4. The van der Waals surface area contributed by atoms with Crippen LogP contribution in [-0.4, -0.2) is 16.4 Å². The van der Waals surface area contributed by atoms with Crippen LogP contribution in [0.4, 0.5) is 32.0 Å². The van der Waals surface area contributed by atoms with Gasteiger partial charge in [-0.1, -0.05) is 48.5 Å². The number of fused-ring (bicyclic) bond motifs is 4. The van der Waals surface area contributed by atoms with Crippen molar-refractivity contribution in [3.8, 4) is 16.8 Å². The summed E-state index contributed by atoms with van der Waals surface area (Å²) in [5.74, 6) is -1.26. The van der Waals surface area contributed by atoms with E-state index in [9.17, 15) is 35.9 Å². The van der Waals surface area contributed by atoms with Gasteiger partial charge in [0.15, 0.2) is 0 Å². The van der Waals surface area contributed by atoms with Crippen LogP contribution < -0.4 is 4.90 Å². The molecule has 0 saturated carbocycles. The minimum absolute atomic E-state index is 0.0109. The van der Waals surface area contributed by atoms with Crippen molar-refractivity contribution in [2.24, 2.45) is 0 Å². The molecule has 6 aromatic rings. The Hall–Kier alpha value is -5.38. The summed E-state index contributed by atoms with van der Waals surface area (Å²) < 4.78 is 83.3. The fourth-order valence-electron chi connectivity index (χ4n) is 5.76. The highest BCUT2D eigenvalue weighted by Gasteiger charge is 2.40. The molecule has 1 aliphatic rings. The van der Waals surface area contributed by atoms with Crippen LogP contribution in [0.1, 0.15) is 31.8 Å². The van der Waals surface area contributed by atoms with Crippen LogP contribution >= 0.6 is 0 Å². The first kappa shape index (κ1) is 27.5. The zero-order chi connectivity index (χ0) is 31.0. The van der Waals surface area contributed by atoms with E-state index in [0.29, 0.717) is 5.69 Å². The first-order valence-corrected chi connectivity index (χ1v) is 13.3. The number of carbonyl (C=O) groups excluding carboxylic acids is 2. The Morgan fingerprint density at radius 2 is 1.07 bits per heavy atom. The molecular formula is C34H18F6N2O2. The zero-order valence-electron chi connectivity index (χ0n) is 22.4. The van der Waals surface area contributed by atoms with Crippen molar-refractivity contribution in [2.75, 3.05) is 4.90 Å². The van der Waals surface area contributed by atoms with Gasteiger partial charge in [0.05, 0.1) is 44.7 Å². The van der Waals surface area contributed by atoms with Gasteiger partial charge in [-0.25, -0.2) is 4.90 Å². The third-order valence-electron chi connectivity index (χ3n) is 7.79. The van der Waals surface area contributed by atoms with E-state index in [0.717, 1.165) is 52.4 Å². The number of amides is 2. The molecule has 218 valence electrons. The molecule has 0 fully saturated rings. The molecule has 0 bridgehead atoms. The third kappa shape index (κ3) is 4.24. The number of benzene rings is 5. The Balaban J connectivity index is 1.40. The first-order chi connectivity index (χ1) is 20.9. The van der Waals surface area contributed by atoms with Crippen molar-refractivity contribution in [1.29, 1.82) is 0 Å². The third-order valence-corrected chi connectivity index (χ3v) is 7.79. The highest BCUT2D eigenvalue weighted by atomic mass is 19.4. The largest absolute Gasteiger partial charge is 0.416 e. The molecule has 7 rings (SSSR count). The lowest BCUT2D eigenvalue weighted by atomic mass is 10.1. The second kappa shape index (κ2) is 9.57. The quantitative estimate of drug-likeness (QED) is 0.150. The van der Waals surface area contributed by atoms with E-state index in [2.05, 4.69) is 0 Å². The summed E-state index contributed by atoms with van der Waals surface area (Å²) in [6, 6.07) is 26.4. The standard InChI is InChI=1S/C34H18F6N2O2/c35-33(36,37)21-11-15-27-25(17-21)26-18-22(34(38,39)40)12-16-28(26)42(27)29-8-4-7-24-30(29)32(44)41(31(24)43)23-13-9-20(10-14-23)19-5-2-1-3-6-19/h1-18H. The minimum Gasteiger partial charge on any atom is -0.308 e. The average Bonchev–Trinajstić information content (AvgIpc) is 3.47. The molecule has 0 spiro atoms. The predicted molar refractivity (Wildman–Crippen MR) is 154 cm³/mol. The molecule has 44 heavy (non-hydrogen) atoms. The van der Waals surface area contributed by atoms with Gasteiger partial charge in [-0.05, 0) is 71.8 Å². The Labute approximate surface area is 245 Å². The molecule has 4 nitrogen and oxygen atoms in total. The van der Waals surface area contributed by atoms with Gasteiger partial charge in [-0.3, -0.25) is 9.59 Å². The number of hydrogen-bond donors (Lipinski definition) is 0. The minimum atomic E-state index is -4.74. The number of rotatable bonds is 3. The SMILES string of the molecule is O=C1c2cccc(-n3c4ccc(C(F)(F)F)cc4c4cc(C(F)(F)F)ccc43)c2C(=O)N1c1ccc(-c2ccccc2)cc1. The average molecular weight is 601 g/mol. The van der Waals surface area contributed by atoms with Crippen molar-refractivity contribution >= 4 is 39.3 Å². The lowest BCUT2D eigenvalue weighted by Crippen LogP contribution is -2.29. The highest BCUT2D eigenvalue weighted by molar-refractivity contribution is 6.35. The number of imide groups is 1. The lowest BCUT2D eigenvalue weighted by Gasteiger charge is -2.15. The molecular weight excluding hydrogens is 582 g/mol. The van der Waals surface area contributed by atoms with E-state index >= 15 is 0 Å².